The maximum atomic E-state index is 6.60. The largest absolute Gasteiger partial charge is 0.455 e. The Hall–Kier alpha value is -6.92. The molecule has 3 aliphatic rings. The van der Waals surface area contributed by atoms with Gasteiger partial charge < -0.3 is 9.15 Å². The number of benzene rings is 6. The van der Waals surface area contributed by atoms with E-state index in [1.807, 2.05) is 54.6 Å². The highest BCUT2D eigenvalue weighted by Crippen LogP contribution is 2.55. The third kappa shape index (κ3) is 5.02. The van der Waals surface area contributed by atoms with Gasteiger partial charge in [-0.05, 0) is 64.6 Å². The topological polar surface area (TPSA) is 73.4 Å². The van der Waals surface area contributed by atoms with Crippen molar-refractivity contribution in [1.29, 1.82) is 0 Å². The van der Waals surface area contributed by atoms with Gasteiger partial charge in [-0.1, -0.05) is 135 Å². The summed E-state index contributed by atoms with van der Waals surface area (Å²) in [5, 5.41) is 2.09. The Morgan fingerprint density at radius 1 is 0.564 bits per heavy atom. The van der Waals surface area contributed by atoms with Crippen LogP contribution in [0.4, 0.5) is 0 Å². The summed E-state index contributed by atoms with van der Waals surface area (Å²) in [5.74, 6) is 3.39. The van der Waals surface area contributed by atoms with Gasteiger partial charge in [0.2, 0.25) is 5.90 Å². The van der Waals surface area contributed by atoms with Gasteiger partial charge in [-0.2, -0.15) is 0 Å². The smallest absolute Gasteiger partial charge is 0.222 e. The molecule has 0 radical (unpaired) electrons. The summed E-state index contributed by atoms with van der Waals surface area (Å²) >= 11 is 0. The Bertz CT molecular complexity index is 2940. The summed E-state index contributed by atoms with van der Waals surface area (Å²) in [6, 6.07) is 49.9. The molecule has 8 aromatic rings. The van der Waals surface area contributed by atoms with Crippen LogP contribution in [0.15, 0.2) is 172 Å². The van der Waals surface area contributed by atoms with Gasteiger partial charge in [-0.15, -0.1) is 0 Å². The number of nitrogens with zero attached hydrogens (tertiary/aromatic N) is 4. The van der Waals surface area contributed by atoms with Crippen LogP contribution in [-0.4, -0.2) is 26.9 Å². The van der Waals surface area contributed by atoms with Crippen LogP contribution in [0, 0.1) is 0 Å². The lowest BCUT2D eigenvalue weighted by atomic mass is 9.79. The van der Waals surface area contributed by atoms with Crippen LogP contribution in [0.5, 0.6) is 0 Å². The number of para-hydroxylation sites is 2. The fraction of sp³-hybridized carbons (Fsp3) is 0.102. The Labute approximate surface area is 318 Å². The molecule has 6 nitrogen and oxygen atoms in total. The molecule has 0 spiro atoms. The predicted molar refractivity (Wildman–Crippen MR) is 219 cm³/mol. The standard InChI is InChI=1S/C49H34N4O2/c1-49(2)38-26-27-40-44(55-48(50-40)32-14-7-4-8-15-32)42(38)36-25-24-33(28-39(36)49)46-51-45(31-22-20-30(21-23-31)29-12-5-3-6-13-29)52-47(53-46)37-18-11-17-35-34-16-9-10-19-41(34)54-43(35)37/h3-26,28,40H,27H2,1-2H3. The molecular weight excluding hydrogens is 677 g/mol. The van der Waals surface area contributed by atoms with E-state index in [9.17, 15) is 0 Å². The Balaban J connectivity index is 1.06. The summed E-state index contributed by atoms with van der Waals surface area (Å²) in [6.45, 7) is 4.59. The summed E-state index contributed by atoms with van der Waals surface area (Å²) < 4.78 is 13.1. The minimum absolute atomic E-state index is 0.0294. The van der Waals surface area contributed by atoms with Crippen molar-refractivity contribution < 1.29 is 9.15 Å². The molecule has 0 saturated heterocycles. The van der Waals surface area contributed by atoms with E-state index in [2.05, 4.69) is 111 Å². The van der Waals surface area contributed by atoms with Crippen LogP contribution in [0.1, 0.15) is 37.0 Å². The highest BCUT2D eigenvalue weighted by atomic mass is 16.5. The second kappa shape index (κ2) is 12.1. The molecule has 0 saturated carbocycles. The molecule has 2 aliphatic carbocycles. The van der Waals surface area contributed by atoms with Crippen molar-refractivity contribution in [2.45, 2.75) is 31.7 Å². The minimum Gasteiger partial charge on any atom is -0.455 e. The van der Waals surface area contributed by atoms with E-state index >= 15 is 0 Å². The molecule has 3 heterocycles. The number of hydrogen-bond donors (Lipinski definition) is 0. The van der Waals surface area contributed by atoms with Gasteiger partial charge in [0, 0.05) is 38.5 Å². The van der Waals surface area contributed by atoms with E-state index in [0.717, 1.165) is 73.1 Å². The van der Waals surface area contributed by atoms with Gasteiger partial charge in [0.15, 0.2) is 17.5 Å². The van der Waals surface area contributed by atoms with Gasteiger partial charge in [0.05, 0.1) is 5.56 Å². The lowest BCUT2D eigenvalue weighted by Gasteiger charge is -2.25. The third-order valence-corrected chi connectivity index (χ3v) is 11.3. The Morgan fingerprint density at radius 2 is 1.20 bits per heavy atom. The molecule has 1 aliphatic heterocycles. The molecule has 55 heavy (non-hydrogen) atoms. The Morgan fingerprint density at radius 3 is 2.00 bits per heavy atom. The fourth-order valence-corrected chi connectivity index (χ4v) is 8.48. The van der Waals surface area contributed by atoms with Crippen molar-refractivity contribution in [3.8, 4) is 45.3 Å². The number of ether oxygens (including phenoxy) is 1. The first-order valence-corrected chi connectivity index (χ1v) is 18.7. The van der Waals surface area contributed by atoms with Gasteiger partial charge >= 0.3 is 0 Å². The first kappa shape index (κ1) is 31.6. The number of aliphatic imine (C=N–C) groups is 1. The number of fused-ring (bicyclic) bond motifs is 7. The van der Waals surface area contributed by atoms with E-state index in [-0.39, 0.29) is 11.5 Å². The summed E-state index contributed by atoms with van der Waals surface area (Å²) in [5.41, 5.74) is 12.1. The van der Waals surface area contributed by atoms with Crippen LogP contribution in [0.25, 0.3) is 72.8 Å². The number of rotatable bonds is 5. The SMILES string of the molecule is CC1(C)C2=CCC3N=C(c4ccccc4)OC3=C2c2ccc(-c3nc(-c4ccc(-c5ccccc5)cc4)nc(-c4cccc5c4oc4ccccc45)n3)cc21. The molecule has 11 rings (SSSR count). The van der Waals surface area contributed by atoms with Crippen molar-refractivity contribution in [3.05, 3.63) is 180 Å². The lowest BCUT2D eigenvalue weighted by Crippen LogP contribution is -2.19. The van der Waals surface area contributed by atoms with Crippen LogP contribution in [0.3, 0.4) is 0 Å². The van der Waals surface area contributed by atoms with Crippen molar-refractivity contribution in [3.63, 3.8) is 0 Å². The second-order valence-corrected chi connectivity index (χ2v) is 14.9. The molecule has 0 N–H and O–H groups in total. The fourth-order valence-electron chi connectivity index (χ4n) is 8.48. The summed E-state index contributed by atoms with van der Waals surface area (Å²) in [7, 11) is 0. The minimum atomic E-state index is -0.261. The molecular formula is C49H34N4O2. The maximum Gasteiger partial charge on any atom is 0.222 e. The van der Waals surface area contributed by atoms with Crippen molar-refractivity contribution >= 4 is 33.4 Å². The van der Waals surface area contributed by atoms with Gasteiger partial charge in [-0.3, -0.25) is 0 Å². The molecule has 0 bridgehead atoms. The van der Waals surface area contributed by atoms with E-state index < -0.39 is 0 Å². The molecule has 0 fully saturated rings. The van der Waals surface area contributed by atoms with Crippen LogP contribution >= 0.6 is 0 Å². The van der Waals surface area contributed by atoms with E-state index in [1.165, 1.54) is 16.7 Å². The predicted octanol–water partition coefficient (Wildman–Crippen LogP) is 11.6. The highest BCUT2D eigenvalue weighted by Gasteiger charge is 2.45. The third-order valence-electron chi connectivity index (χ3n) is 11.3. The zero-order valence-corrected chi connectivity index (χ0v) is 30.3. The van der Waals surface area contributed by atoms with E-state index in [1.54, 1.807) is 0 Å². The molecule has 6 aromatic carbocycles. The molecule has 1 atom stereocenters. The normalized spacial score (nSPS) is 16.7. The average Bonchev–Trinajstić information content (AvgIpc) is 3.92. The summed E-state index contributed by atoms with van der Waals surface area (Å²) in [6.07, 6.45) is 3.17. The molecule has 6 heteroatoms. The van der Waals surface area contributed by atoms with Crippen molar-refractivity contribution in [2.75, 3.05) is 0 Å². The van der Waals surface area contributed by atoms with Crippen LogP contribution < -0.4 is 0 Å². The quantitative estimate of drug-likeness (QED) is 0.178. The average molecular weight is 711 g/mol. The van der Waals surface area contributed by atoms with E-state index in [4.69, 9.17) is 29.1 Å². The monoisotopic (exact) mass is 710 g/mol. The zero-order chi connectivity index (χ0) is 36.7. The molecule has 262 valence electrons. The summed E-state index contributed by atoms with van der Waals surface area (Å²) in [4.78, 5) is 20.5. The number of aromatic nitrogens is 3. The number of furan rings is 1. The van der Waals surface area contributed by atoms with Crippen LogP contribution in [0.2, 0.25) is 0 Å². The number of allylic oxidation sites excluding steroid dienone is 2. The van der Waals surface area contributed by atoms with Crippen molar-refractivity contribution in [2.24, 2.45) is 4.99 Å². The van der Waals surface area contributed by atoms with E-state index in [0.29, 0.717) is 23.4 Å². The zero-order valence-electron chi connectivity index (χ0n) is 30.3. The lowest BCUT2D eigenvalue weighted by molar-refractivity contribution is 0.415. The second-order valence-electron chi connectivity index (χ2n) is 14.9. The first-order chi connectivity index (χ1) is 27.0. The molecule has 1 unspecified atom stereocenters. The van der Waals surface area contributed by atoms with Crippen LogP contribution in [-0.2, 0) is 10.2 Å². The van der Waals surface area contributed by atoms with Gasteiger partial charge in [0.25, 0.3) is 0 Å². The van der Waals surface area contributed by atoms with Gasteiger partial charge in [-0.25, -0.2) is 19.9 Å². The Kier molecular flexibility index (Phi) is 6.92. The highest BCUT2D eigenvalue weighted by molar-refractivity contribution is 6.09. The molecule has 2 aromatic heterocycles. The maximum absolute atomic E-state index is 6.60. The molecule has 0 amide bonds. The first-order valence-electron chi connectivity index (χ1n) is 18.7. The van der Waals surface area contributed by atoms with Crippen molar-refractivity contribution in [1.82, 2.24) is 15.0 Å². The van der Waals surface area contributed by atoms with Gasteiger partial charge in [0.1, 0.15) is 23.0 Å². The number of hydrogen-bond acceptors (Lipinski definition) is 6.